The summed E-state index contributed by atoms with van der Waals surface area (Å²) >= 11 is 0. The molecule has 3 saturated heterocycles. The number of nitrogens with one attached hydrogen (secondary N) is 2. The van der Waals surface area contributed by atoms with Gasteiger partial charge in [-0.2, -0.15) is 0 Å². The lowest BCUT2D eigenvalue weighted by Crippen LogP contribution is -2.63. The minimum absolute atomic E-state index is 0.0169. The Morgan fingerprint density at radius 1 is 0.470 bits per heavy atom. The number of aliphatic hydroxyl groups is 8. The van der Waals surface area contributed by atoms with Crippen LogP contribution >= 0.6 is 0 Å². The summed E-state index contributed by atoms with van der Waals surface area (Å²) in [5, 5.41) is 85.8. The molecule has 2 amide bonds. The van der Waals surface area contributed by atoms with Crippen LogP contribution in [0.1, 0.15) is 232 Å². The number of hydrogen-bond acceptors (Lipinski definition) is 21. The fraction of sp³-hybridized carbons (Fsp3) is 0.870. The van der Waals surface area contributed by atoms with Gasteiger partial charge in [0, 0.05) is 45.3 Å². The summed E-state index contributed by atoms with van der Waals surface area (Å²) in [4.78, 5) is 28.1. The monoisotopic (exact) mass is 1430 g/mol. The molecule has 4 fully saturated rings. The lowest BCUT2D eigenvalue weighted by Gasteiger charge is -2.49. The van der Waals surface area contributed by atoms with Gasteiger partial charge in [0.1, 0.15) is 24.4 Å². The Kier molecular flexibility index (Phi) is 51.4. The van der Waals surface area contributed by atoms with Crippen molar-refractivity contribution < 1.29 is 97.8 Å². The van der Waals surface area contributed by atoms with Crippen LogP contribution in [0.5, 0.6) is 0 Å². The van der Waals surface area contributed by atoms with E-state index in [0.29, 0.717) is 65.6 Å². The van der Waals surface area contributed by atoms with Gasteiger partial charge in [0.05, 0.1) is 116 Å². The first-order chi connectivity index (χ1) is 48.8. The molecule has 0 radical (unpaired) electrons. The van der Waals surface area contributed by atoms with Gasteiger partial charge in [0.15, 0.2) is 24.2 Å². The van der Waals surface area contributed by atoms with Crippen LogP contribution in [0.25, 0.3) is 0 Å². The van der Waals surface area contributed by atoms with E-state index in [9.17, 15) is 50.4 Å². The number of fused-ring (bicyclic) bond motifs is 1. The minimum atomic E-state index is -1.82. The van der Waals surface area contributed by atoms with E-state index in [1.807, 2.05) is 0 Å². The normalized spacial score (nSPS) is 25.2. The van der Waals surface area contributed by atoms with Gasteiger partial charge in [0.25, 0.3) is 0 Å². The molecular formula is C77H139N3O20. The molecule has 3 aliphatic heterocycles. The van der Waals surface area contributed by atoms with Crippen LogP contribution in [-0.4, -0.2) is 243 Å². The molecular weight excluding hydrogens is 1290 g/mol. The van der Waals surface area contributed by atoms with E-state index < -0.39 is 85.8 Å². The number of unbranched alkanes of at least 4 members (excludes halogenated alkanes) is 22. The zero-order chi connectivity index (χ0) is 72.0. The van der Waals surface area contributed by atoms with Gasteiger partial charge in [-0.15, -0.1) is 0 Å². The van der Waals surface area contributed by atoms with E-state index in [2.05, 4.69) is 78.0 Å². The van der Waals surface area contributed by atoms with Gasteiger partial charge in [-0.1, -0.05) is 152 Å². The third-order valence-corrected chi connectivity index (χ3v) is 19.3. The predicted molar refractivity (Wildman–Crippen MR) is 386 cm³/mol. The van der Waals surface area contributed by atoms with Crippen molar-refractivity contribution in [1.29, 1.82) is 0 Å². The minimum Gasteiger partial charge on any atom is -0.396 e. The zero-order valence-electron chi connectivity index (χ0n) is 61.7. The predicted octanol–water partition coefficient (Wildman–Crippen LogP) is 9.07. The number of amides is 2. The molecule has 3 heterocycles. The standard InChI is InChI=1S/C77H139N3O20/c1-3-5-7-9-11-13-15-17-19-21-23-25-27-29-31-37-43-76(44-38-32-30-28-26-24-22-20-18-16-14-12-10-8-6-4-2)97-62-63(99-76)59-80(48-40-34-36-42-67(84)79-46-50-92-52-54-94-56-58-96-75-73(89)72(88)70(86)65(61-82)98-75)47-39-33-35-41-66(83)78-45-49-91-51-53-93-55-57-95-74-68-71(87)69(85)64(60-81)77(68,90)100-74/h11-14,17-20,63-65,68-75,81-82,85-90H,3-10,15-16,21-62H2,1-2H3,(H,78,83)(H,79,84)/b13-11-,14-12-,19-17-,20-18-/t63-,64?,65?,68?,69+,70+,71?,72?,73?,74-,75-,77?/m0/s1. The van der Waals surface area contributed by atoms with Gasteiger partial charge < -0.3 is 104 Å². The summed E-state index contributed by atoms with van der Waals surface area (Å²) in [6.45, 7) is 9.67. The van der Waals surface area contributed by atoms with Crippen molar-refractivity contribution >= 4 is 11.8 Å². The number of allylic oxidation sites excluding steroid dienone is 8. The molecule has 0 aromatic heterocycles. The summed E-state index contributed by atoms with van der Waals surface area (Å²) in [5.41, 5.74) is 0. The molecule has 12 atom stereocenters. The highest BCUT2D eigenvalue weighted by Crippen LogP contribution is 2.53. The topological polar surface area (TPSA) is 316 Å². The third-order valence-electron chi connectivity index (χ3n) is 19.3. The molecule has 23 heteroatoms. The maximum absolute atomic E-state index is 12.8. The van der Waals surface area contributed by atoms with Gasteiger partial charge in [-0.25, -0.2) is 0 Å². The van der Waals surface area contributed by atoms with Crippen LogP contribution in [0.2, 0.25) is 0 Å². The first-order valence-corrected chi connectivity index (χ1v) is 39.2. The molecule has 582 valence electrons. The van der Waals surface area contributed by atoms with E-state index in [0.717, 1.165) is 110 Å². The van der Waals surface area contributed by atoms with Crippen molar-refractivity contribution in [3.63, 3.8) is 0 Å². The Labute approximate surface area is 600 Å². The molecule has 0 bridgehead atoms. The summed E-state index contributed by atoms with van der Waals surface area (Å²) in [5.74, 6) is -4.29. The molecule has 4 aliphatic rings. The Morgan fingerprint density at radius 3 is 1.39 bits per heavy atom. The average Bonchev–Trinajstić information content (AvgIpc) is 1.54. The highest BCUT2D eigenvalue weighted by molar-refractivity contribution is 5.76. The van der Waals surface area contributed by atoms with Crippen LogP contribution in [-0.2, 0) is 57.0 Å². The van der Waals surface area contributed by atoms with Crippen molar-refractivity contribution in [2.75, 3.05) is 119 Å². The van der Waals surface area contributed by atoms with E-state index >= 15 is 0 Å². The van der Waals surface area contributed by atoms with Crippen LogP contribution < -0.4 is 10.6 Å². The number of carbonyl (C=O) groups is 2. The highest BCUT2D eigenvalue weighted by atomic mass is 16.8. The van der Waals surface area contributed by atoms with Gasteiger partial charge >= 0.3 is 0 Å². The third kappa shape index (κ3) is 37.9. The molecule has 0 aromatic carbocycles. The molecule has 0 spiro atoms. The smallest absolute Gasteiger partial charge is 0.220 e. The van der Waals surface area contributed by atoms with Crippen LogP contribution in [0, 0.1) is 11.8 Å². The first kappa shape index (κ1) is 89.5. The molecule has 10 N–H and O–H groups in total. The second kappa shape index (κ2) is 57.4. The van der Waals surface area contributed by atoms with Crippen molar-refractivity contribution in [2.24, 2.45) is 11.8 Å². The van der Waals surface area contributed by atoms with Crippen LogP contribution in [0.15, 0.2) is 48.6 Å². The molecule has 1 aliphatic carbocycles. The number of nitrogens with zero attached hydrogens (tertiary/aromatic N) is 1. The number of hydrogen-bond donors (Lipinski definition) is 10. The summed E-state index contributed by atoms with van der Waals surface area (Å²) < 4.78 is 58.0. The van der Waals surface area contributed by atoms with Crippen molar-refractivity contribution in [1.82, 2.24) is 15.5 Å². The van der Waals surface area contributed by atoms with Gasteiger partial charge in [-0.05, 0) is 116 Å². The quantitative estimate of drug-likeness (QED) is 0.0200. The summed E-state index contributed by atoms with van der Waals surface area (Å²) in [6.07, 6.45) is 45.2. The molecule has 4 rings (SSSR count). The lowest BCUT2D eigenvalue weighted by atomic mass is 9.89. The average molecular weight is 1430 g/mol. The molecule has 7 unspecified atom stereocenters. The maximum atomic E-state index is 12.8. The Morgan fingerprint density at radius 2 is 0.910 bits per heavy atom. The van der Waals surface area contributed by atoms with Gasteiger partial charge in [0.2, 0.25) is 11.8 Å². The number of rotatable bonds is 66. The second-order valence-electron chi connectivity index (χ2n) is 27.7. The van der Waals surface area contributed by atoms with Crippen LogP contribution in [0.4, 0.5) is 0 Å². The van der Waals surface area contributed by atoms with Crippen molar-refractivity contribution in [2.45, 2.75) is 299 Å². The summed E-state index contributed by atoms with van der Waals surface area (Å²) in [6, 6.07) is 0. The lowest BCUT2D eigenvalue weighted by molar-refractivity contribution is -0.439. The maximum Gasteiger partial charge on any atom is 0.220 e. The van der Waals surface area contributed by atoms with E-state index in [1.165, 1.54) is 116 Å². The zero-order valence-corrected chi connectivity index (χ0v) is 61.7. The largest absolute Gasteiger partial charge is 0.396 e. The highest BCUT2D eigenvalue weighted by Gasteiger charge is 2.71. The van der Waals surface area contributed by atoms with Crippen molar-refractivity contribution in [3.05, 3.63) is 48.6 Å². The fourth-order valence-corrected chi connectivity index (χ4v) is 13.3. The molecule has 1 saturated carbocycles. The van der Waals surface area contributed by atoms with E-state index in [4.69, 9.17) is 47.4 Å². The second-order valence-corrected chi connectivity index (χ2v) is 27.7. The Hall–Kier alpha value is -2.86. The first-order valence-electron chi connectivity index (χ1n) is 39.2. The van der Waals surface area contributed by atoms with Crippen LogP contribution in [0.3, 0.4) is 0 Å². The number of ether oxygens (including phenoxy) is 10. The number of aliphatic hydroxyl groups excluding tert-OH is 7. The number of carbonyl (C=O) groups excluding carboxylic acids is 2. The van der Waals surface area contributed by atoms with E-state index in [-0.39, 0.29) is 51.0 Å². The fourth-order valence-electron chi connectivity index (χ4n) is 13.3. The Balaban J connectivity index is 1.17. The van der Waals surface area contributed by atoms with E-state index in [1.54, 1.807) is 0 Å². The molecule has 23 nitrogen and oxygen atoms in total. The van der Waals surface area contributed by atoms with Gasteiger partial charge in [-0.3, -0.25) is 9.59 Å². The summed E-state index contributed by atoms with van der Waals surface area (Å²) in [7, 11) is 0. The van der Waals surface area contributed by atoms with Crippen molar-refractivity contribution in [3.8, 4) is 0 Å². The SMILES string of the molecule is CCCCC/C=C\C/C=C\CCCCCCCCC1(CCCCCCCC/C=C\C/C=C\CCCCC)OC[C@H](CN(CCCCCC(=O)NCCOCCOCCO[C@H]2OC(CO)[C@@H](O)C(O)C2O)CCCCCC(=O)NCCOCCOCCO[C@H]2OC3(O)C2C(O)[C@H](O)C3CO)O1. The molecule has 0 aromatic rings. The Bertz CT molecular complexity index is 2080. The molecule has 100 heavy (non-hydrogen) atoms.